The van der Waals surface area contributed by atoms with Gasteiger partial charge >= 0.3 is 0 Å². The van der Waals surface area contributed by atoms with Crippen molar-refractivity contribution in [3.05, 3.63) is 35.9 Å². The van der Waals surface area contributed by atoms with Crippen molar-refractivity contribution in [2.75, 3.05) is 6.54 Å². The number of halogens is 1. The molecule has 1 amide bonds. The normalized spacial score (nSPS) is 11.6. The lowest BCUT2D eigenvalue weighted by Gasteiger charge is -2.12. The van der Waals surface area contributed by atoms with E-state index in [4.69, 9.17) is 5.73 Å². The van der Waals surface area contributed by atoms with E-state index in [1.54, 1.807) is 0 Å². The molecule has 3 nitrogen and oxygen atoms in total. The van der Waals surface area contributed by atoms with Crippen LogP contribution in [0.25, 0.3) is 0 Å². The van der Waals surface area contributed by atoms with Crippen LogP contribution in [0, 0.1) is 0 Å². The molecule has 1 atom stereocenters. The Morgan fingerprint density at radius 3 is 2.00 bits per heavy atom. The predicted octanol–water partition coefficient (Wildman–Crippen LogP) is 5.54. The fourth-order valence-corrected chi connectivity index (χ4v) is 2.93. The molecule has 144 valence electrons. The van der Waals surface area contributed by atoms with E-state index in [9.17, 15) is 4.79 Å². The average molecular weight is 369 g/mol. The van der Waals surface area contributed by atoms with Gasteiger partial charge in [0, 0.05) is 19.0 Å². The molecule has 0 aliphatic heterocycles. The number of carbonyl (C=O) groups excluding carboxylic acids is 1. The summed E-state index contributed by atoms with van der Waals surface area (Å²) in [5.74, 6) is 0.0577. The van der Waals surface area contributed by atoms with Crippen LogP contribution in [0.2, 0.25) is 0 Å². The smallest absolute Gasteiger partial charge is 0.221 e. The summed E-state index contributed by atoms with van der Waals surface area (Å²) in [5.41, 5.74) is 7.08. The van der Waals surface area contributed by atoms with E-state index in [1.165, 1.54) is 57.8 Å². The van der Waals surface area contributed by atoms with Gasteiger partial charge in [-0.1, -0.05) is 95.0 Å². The highest BCUT2D eigenvalue weighted by Crippen LogP contribution is 2.13. The largest absolute Gasteiger partial charge is 0.356 e. The first kappa shape index (κ1) is 23.9. The number of carbonyl (C=O) groups is 1. The maximum Gasteiger partial charge on any atom is 0.221 e. The highest BCUT2D eigenvalue weighted by Gasteiger charge is 2.10. The number of benzene rings is 1. The average Bonchev–Trinajstić information content (AvgIpc) is 2.60. The van der Waals surface area contributed by atoms with Crippen molar-refractivity contribution < 1.29 is 4.79 Å². The molecule has 0 saturated carbocycles. The van der Waals surface area contributed by atoms with Crippen molar-refractivity contribution >= 4 is 18.3 Å². The van der Waals surface area contributed by atoms with Gasteiger partial charge in [-0.3, -0.25) is 4.79 Å². The highest BCUT2D eigenvalue weighted by atomic mass is 35.5. The standard InChI is InChI=1S/C21H36N2O.ClH/c1-2-3-4-5-6-7-8-9-10-14-17-23-21(24)18-20(22)19-15-12-11-13-16-19;/h11-13,15-16,20H,2-10,14,17-18,22H2,1H3,(H,23,24);1H. The minimum Gasteiger partial charge on any atom is -0.356 e. The van der Waals surface area contributed by atoms with Gasteiger partial charge in [0.1, 0.15) is 0 Å². The van der Waals surface area contributed by atoms with Gasteiger partial charge in [0.15, 0.2) is 0 Å². The van der Waals surface area contributed by atoms with E-state index < -0.39 is 0 Å². The van der Waals surface area contributed by atoms with E-state index in [0.717, 1.165) is 18.5 Å². The van der Waals surface area contributed by atoms with Gasteiger partial charge in [0.05, 0.1) is 0 Å². The van der Waals surface area contributed by atoms with E-state index in [0.29, 0.717) is 6.42 Å². The highest BCUT2D eigenvalue weighted by molar-refractivity contribution is 5.85. The van der Waals surface area contributed by atoms with Crippen molar-refractivity contribution in [3.63, 3.8) is 0 Å². The van der Waals surface area contributed by atoms with Gasteiger partial charge in [0.25, 0.3) is 0 Å². The van der Waals surface area contributed by atoms with E-state index in [1.807, 2.05) is 30.3 Å². The monoisotopic (exact) mass is 368 g/mol. The second-order valence-electron chi connectivity index (χ2n) is 6.75. The van der Waals surface area contributed by atoms with Crippen molar-refractivity contribution in [3.8, 4) is 0 Å². The van der Waals surface area contributed by atoms with Gasteiger partial charge in [-0.15, -0.1) is 12.4 Å². The van der Waals surface area contributed by atoms with Gasteiger partial charge < -0.3 is 11.1 Å². The Morgan fingerprint density at radius 1 is 0.920 bits per heavy atom. The van der Waals surface area contributed by atoms with Gasteiger partial charge in [-0.05, 0) is 12.0 Å². The van der Waals surface area contributed by atoms with Crippen LogP contribution in [0.3, 0.4) is 0 Å². The molecule has 0 fully saturated rings. The van der Waals surface area contributed by atoms with Crippen molar-refractivity contribution in [1.29, 1.82) is 0 Å². The molecule has 0 radical (unpaired) electrons. The molecular weight excluding hydrogens is 332 g/mol. The van der Waals surface area contributed by atoms with Gasteiger partial charge in [-0.2, -0.15) is 0 Å². The van der Waals surface area contributed by atoms with Crippen molar-refractivity contribution in [2.24, 2.45) is 5.73 Å². The van der Waals surface area contributed by atoms with E-state index in [-0.39, 0.29) is 24.4 Å². The van der Waals surface area contributed by atoms with Crippen LogP contribution in [-0.4, -0.2) is 12.5 Å². The summed E-state index contributed by atoms with van der Waals surface area (Å²) < 4.78 is 0. The summed E-state index contributed by atoms with van der Waals surface area (Å²) in [6.07, 6.45) is 13.5. The summed E-state index contributed by atoms with van der Waals surface area (Å²) >= 11 is 0. The number of nitrogens with one attached hydrogen (secondary N) is 1. The topological polar surface area (TPSA) is 55.1 Å². The Labute approximate surface area is 160 Å². The molecule has 1 rings (SSSR count). The van der Waals surface area contributed by atoms with Crippen LogP contribution in [-0.2, 0) is 4.79 Å². The van der Waals surface area contributed by atoms with Crippen LogP contribution >= 0.6 is 12.4 Å². The van der Waals surface area contributed by atoms with E-state index in [2.05, 4.69) is 12.2 Å². The SMILES string of the molecule is CCCCCCCCCCCCNC(=O)CC(N)c1ccccc1.Cl. The lowest BCUT2D eigenvalue weighted by atomic mass is 10.0. The summed E-state index contributed by atoms with van der Waals surface area (Å²) in [6, 6.07) is 9.61. The maximum absolute atomic E-state index is 11.9. The third kappa shape index (κ3) is 12.9. The molecule has 0 aliphatic carbocycles. The first-order valence-electron chi connectivity index (χ1n) is 9.81. The summed E-state index contributed by atoms with van der Waals surface area (Å²) in [5, 5.41) is 2.99. The quantitative estimate of drug-likeness (QED) is 0.424. The zero-order valence-electron chi connectivity index (χ0n) is 15.8. The number of nitrogens with two attached hydrogens (primary N) is 1. The Hall–Kier alpha value is -1.06. The molecule has 0 heterocycles. The number of unbranched alkanes of at least 4 members (excludes halogenated alkanes) is 9. The van der Waals surface area contributed by atoms with Crippen LogP contribution in [0.15, 0.2) is 30.3 Å². The van der Waals surface area contributed by atoms with Crippen LogP contribution in [0.1, 0.15) is 89.2 Å². The molecule has 1 unspecified atom stereocenters. The molecule has 0 bridgehead atoms. The Bertz CT molecular complexity index is 425. The maximum atomic E-state index is 11.9. The molecule has 4 heteroatoms. The third-order valence-corrected chi connectivity index (χ3v) is 4.49. The molecular formula is C21H37ClN2O. The van der Waals surface area contributed by atoms with Gasteiger partial charge in [0.2, 0.25) is 5.91 Å². The second kappa shape index (κ2) is 16.4. The Morgan fingerprint density at radius 2 is 1.44 bits per heavy atom. The summed E-state index contributed by atoms with van der Waals surface area (Å²) in [7, 11) is 0. The predicted molar refractivity (Wildman–Crippen MR) is 110 cm³/mol. The van der Waals surface area contributed by atoms with E-state index >= 15 is 0 Å². The second-order valence-corrected chi connectivity index (χ2v) is 6.75. The molecule has 3 N–H and O–H groups in total. The molecule has 1 aromatic carbocycles. The molecule has 0 spiro atoms. The molecule has 25 heavy (non-hydrogen) atoms. The lowest BCUT2D eigenvalue weighted by Crippen LogP contribution is -2.28. The zero-order valence-corrected chi connectivity index (χ0v) is 16.7. The molecule has 0 aliphatic rings. The van der Waals surface area contributed by atoms with Crippen molar-refractivity contribution in [1.82, 2.24) is 5.32 Å². The van der Waals surface area contributed by atoms with Gasteiger partial charge in [-0.25, -0.2) is 0 Å². The fraction of sp³-hybridized carbons (Fsp3) is 0.667. The first-order valence-corrected chi connectivity index (χ1v) is 9.81. The van der Waals surface area contributed by atoms with Crippen LogP contribution in [0.5, 0.6) is 0 Å². The third-order valence-electron chi connectivity index (χ3n) is 4.49. The van der Waals surface area contributed by atoms with Crippen LogP contribution in [0.4, 0.5) is 0 Å². The first-order chi connectivity index (χ1) is 11.7. The fourth-order valence-electron chi connectivity index (χ4n) is 2.93. The zero-order chi connectivity index (χ0) is 17.5. The Balaban J connectivity index is 0.00000576. The number of hydrogen-bond donors (Lipinski definition) is 2. The molecule has 1 aromatic rings. The number of hydrogen-bond acceptors (Lipinski definition) is 2. The van der Waals surface area contributed by atoms with Crippen molar-refractivity contribution in [2.45, 2.75) is 83.6 Å². The summed E-state index contributed by atoms with van der Waals surface area (Å²) in [6.45, 7) is 3.03. The number of rotatable bonds is 14. The Kier molecular flexibility index (Phi) is 15.7. The minimum atomic E-state index is -0.209. The summed E-state index contributed by atoms with van der Waals surface area (Å²) in [4.78, 5) is 11.9. The molecule has 0 aromatic heterocycles. The minimum absolute atomic E-state index is 0. The lowest BCUT2D eigenvalue weighted by molar-refractivity contribution is -0.121. The number of amides is 1. The molecule has 0 saturated heterocycles. The van der Waals surface area contributed by atoms with Crippen LogP contribution < -0.4 is 11.1 Å².